The molecule has 3 heterocycles. The molecule has 1 spiro atoms. The van der Waals surface area contributed by atoms with Crippen LogP contribution < -0.4 is 4.74 Å². The molecule has 2 fully saturated rings. The monoisotopic (exact) mass is 358 g/mol. The Kier molecular flexibility index (Phi) is 4.15. The zero-order chi connectivity index (χ0) is 17.4. The number of nitrogens with zero attached hydrogens (tertiary/aromatic N) is 2. The lowest BCUT2D eigenvalue weighted by Gasteiger charge is -2.47. The molecular formula is C19H19FN2O2S. The van der Waals surface area contributed by atoms with Gasteiger partial charge in [-0.15, -0.1) is 11.8 Å². The molecule has 2 saturated heterocycles. The van der Waals surface area contributed by atoms with E-state index in [2.05, 4.69) is 4.98 Å². The molecule has 1 amide bonds. The topological polar surface area (TPSA) is 42.4 Å². The summed E-state index contributed by atoms with van der Waals surface area (Å²) in [5.74, 6) is 0.508. The van der Waals surface area contributed by atoms with Crippen LogP contribution in [0.4, 0.5) is 4.39 Å². The molecule has 1 aromatic heterocycles. The number of rotatable bonds is 3. The molecule has 6 heteroatoms. The Labute approximate surface area is 150 Å². The third-order valence-electron chi connectivity index (χ3n) is 4.69. The highest BCUT2D eigenvalue weighted by molar-refractivity contribution is 8.01. The number of likely N-dealkylation sites (tertiary alicyclic amines) is 1. The average molecular weight is 358 g/mol. The number of aryl methyl sites for hydroxylation is 1. The Balaban J connectivity index is 1.36. The van der Waals surface area contributed by atoms with Crippen LogP contribution in [0.1, 0.15) is 22.3 Å². The van der Waals surface area contributed by atoms with Crippen LogP contribution in [0.15, 0.2) is 42.6 Å². The molecular weight excluding hydrogens is 339 g/mol. The highest BCUT2D eigenvalue weighted by Gasteiger charge is 2.51. The number of aromatic nitrogens is 1. The number of ether oxygens (including phenoxy) is 1. The smallest absolute Gasteiger partial charge is 0.253 e. The van der Waals surface area contributed by atoms with Gasteiger partial charge in [0.1, 0.15) is 6.10 Å². The zero-order valence-electron chi connectivity index (χ0n) is 13.9. The largest absolute Gasteiger partial charge is 0.471 e. The van der Waals surface area contributed by atoms with Gasteiger partial charge in [0.05, 0.1) is 4.75 Å². The summed E-state index contributed by atoms with van der Waals surface area (Å²) >= 11 is 1.82. The standard InChI is InChI=1S/C19H19FN2O2S/c1-13-4-2-5-14(8-13)18(23)22-11-19(12-22)9-15(10-25-19)24-17-16(20)6-3-7-21-17/h2-8,15H,9-12H2,1H3/t15-/m1/s1. The van der Waals surface area contributed by atoms with Crippen LogP contribution in [0.2, 0.25) is 0 Å². The summed E-state index contributed by atoms with van der Waals surface area (Å²) in [5.41, 5.74) is 1.82. The third kappa shape index (κ3) is 3.23. The van der Waals surface area contributed by atoms with E-state index < -0.39 is 5.82 Å². The molecule has 1 aromatic carbocycles. The molecule has 4 nitrogen and oxygen atoms in total. The van der Waals surface area contributed by atoms with Gasteiger partial charge in [0.25, 0.3) is 11.8 Å². The van der Waals surface area contributed by atoms with E-state index in [1.165, 1.54) is 12.3 Å². The SMILES string of the molecule is Cc1cccc(C(=O)N2CC3(C[C@@H](Oc4ncccc4F)CS3)C2)c1. The Morgan fingerprint density at radius 1 is 1.36 bits per heavy atom. The Morgan fingerprint density at radius 2 is 2.20 bits per heavy atom. The highest BCUT2D eigenvalue weighted by Crippen LogP contribution is 2.46. The second kappa shape index (κ2) is 6.33. The molecule has 25 heavy (non-hydrogen) atoms. The van der Waals surface area contributed by atoms with Gasteiger partial charge in [0, 0.05) is 37.0 Å². The number of carbonyl (C=O) groups is 1. The number of carbonyl (C=O) groups excluding carboxylic acids is 1. The maximum Gasteiger partial charge on any atom is 0.253 e. The van der Waals surface area contributed by atoms with E-state index in [0.29, 0.717) is 0 Å². The van der Waals surface area contributed by atoms with E-state index >= 15 is 0 Å². The van der Waals surface area contributed by atoms with E-state index in [4.69, 9.17) is 4.74 Å². The summed E-state index contributed by atoms with van der Waals surface area (Å²) in [6.07, 6.45) is 2.28. The lowest BCUT2D eigenvalue weighted by molar-refractivity contribution is 0.0514. The molecule has 0 radical (unpaired) electrons. The predicted molar refractivity (Wildman–Crippen MR) is 95.5 cm³/mol. The normalized spacial score (nSPS) is 21.2. The lowest BCUT2D eigenvalue weighted by atomic mass is 9.92. The fourth-order valence-electron chi connectivity index (χ4n) is 3.47. The second-order valence-corrected chi connectivity index (χ2v) is 8.25. The van der Waals surface area contributed by atoms with Crippen molar-refractivity contribution < 1.29 is 13.9 Å². The molecule has 0 N–H and O–H groups in total. The molecule has 0 bridgehead atoms. The molecule has 0 saturated carbocycles. The molecule has 2 aliphatic heterocycles. The fourth-order valence-corrected chi connectivity index (χ4v) is 4.99. The van der Waals surface area contributed by atoms with Crippen LogP contribution in [-0.2, 0) is 0 Å². The number of thioether (sulfide) groups is 1. The van der Waals surface area contributed by atoms with Crippen LogP contribution in [-0.4, -0.2) is 45.5 Å². The molecule has 4 rings (SSSR count). The van der Waals surface area contributed by atoms with Crippen molar-refractivity contribution in [2.45, 2.75) is 24.2 Å². The van der Waals surface area contributed by atoms with Crippen LogP contribution in [0.25, 0.3) is 0 Å². The van der Waals surface area contributed by atoms with Crippen LogP contribution in [0, 0.1) is 12.7 Å². The minimum atomic E-state index is -0.432. The van der Waals surface area contributed by atoms with Crippen molar-refractivity contribution in [1.29, 1.82) is 0 Å². The number of amides is 1. The van der Waals surface area contributed by atoms with Gasteiger partial charge in [-0.2, -0.15) is 0 Å². The minimum Gasteiger partial charge on any atom is -0.471 e. The van der Waals surface area contributed by atoms with Gasteiger partial charge < -0.3 is 9.64 Å². The van der Waals surface area contributed by atoms with Gasteiger partial charge in [-0.25, -0.2) is 9.37 Å². The molecule has 130 valence electrons. The summed E-state index contributed by atoms with van der Waals surface area (Å²) in [5, 5.41) is 0. The summed E-state index contributed by atoms with van der Waals surface area (Å²) < 4.78 is 19.4. The van der Waals surface area contributed by atoms with E-state index in [-0.39, 0.29) is 22.6 Å². The Hall–Kier alpha value is -2.08. The fraction of sp³-hybridized carbons (Fsp3) is 0.368. The van der Waals surface area contributed by atoms with Crippen molar-refractivity contribution in [3.63, 3.8) is 0 Å². The van der Waals surface area contributed by atoms with Crippen molar-refractivity contribution in [3.05, 3.63) is 59.5 Å². The van der Waals surface area contributed by atoms with Gasteiger partial charge in [0.2, 0.25) is 0 Å². The second-order valence-electron chi connectivity index (χ2n) is 6.76. The maximum atomic E-state index is 13.7. The number of hydrogen-bond donors (Lipinski definition) is 0. The van der Waals surface area contributed by atoms with Gasteiger partial charge in [-0.1, -0.05) is 17.7 Å². The van der Waals surface area contributed by atoms with Crippen LogP contribution in [0.3, 0.4) is 0 Å². The average Bonchev–Trinajstić information content (AvgIpc) is 2.99. The van der Waals surface area contributed by atoms with E-state index in [0.717, 1.165) is 36.4 Å². The van der Waals surface area contributed by atoms with Gasteiger partial charge in [-0.05, 0) is 31.2 Å². The first-order chi connectivity index (χ1) is 12.0. The summed E-state index contributed by atoms with van der Waals surface area (Å²) in [7, 11) is 0. The van der Waals surface area contributed by atoms with Crippen molar-refractivity contribution in [3.8, 4) is 5.88 Å². The van der Waals surface area contributed by atoms with Gasteiger partial charge in [0.15, 0.2) is 5.82 Å². The number of pyridine rings is 1. The van der Waals surface area contributed by atoms with E-state index in [1.54, 1.807) is 6.07 Å². The molecule has 1 atom stereocenters. The van der Waals surface area contributed by atoms with Crippen molar-refractivity contribution in [2.24, 2.45) is 0 Å². The maximum absolute atomic E-state index is 13.7. The molecule has 0 unspecified atom stereocenters. The molecule has 2 aromatic rings. The summed E-state index contributed by atoms with van der Waals surface area (Å²) in [6, 6.07) is 10.6. The van der Waals surface area contributed by atoms with E-state index in [1.807, 2.05) is 47.9 Å². The third-order valence-corrected chi connectivity index (χ3v) is 6.26. The minimum absolute atomic E-state index is 0.0371. The first-order valence-electron chi connectivity index (χ1n) is 8.32. The van der Waals surface area contributed by atoms with Crippen molar-refractivity contribution in [2.75, 3.05) is 18.8 Å². The number of benzene rings is 1. The van der Waals surface area contributed by atoms with Gasteiger partial charge >= 0.3 is 0 Å². The molecule has 0 aliphatic carbocycles. The van der Waals surface area contributed by atoms with Crippen LogP contribution in [0.5, 0.6) is 5.88 Å². The van der Waals surface area contributed by atoms with Gasteiger partial charge in [-0.3, -0.25) is 4.79 Å². The Morgan fingerprint density at radius 3 is 2.96 bits per heavy atom. The van der Waals surface area contributed by atoms with Crippen molar-refractivity contribution in [1.82, 2.24) is 9.88 Å². The summed E-state index contributed by atoms with van der Waals surface area (Å²) in [6.45, 7) is 3.42. The highest BCUT2D eigenvalue weighted by atomic mass is 32.2. The lowest BCUT2D eigenvalue weighted by Crippen LogP contribution is -2.60. The van der Waals surface area contributed by atoms with E-state index in [9.17, 15) is 9.18 Å². The Bertz CT molecular complexity index is 808. The number of halogens is 1. The van der Waals surface area contributed by atoms with Crippen molar-refractivity contribution >= 4 is 17.7 Å². The van der Waals surface area contributed by atoms with Crippen LogP contribution >= 0.6 is 11.8 Å². The molecule has 2 aliphatic rings. The summed E-state index contributed by atoms with van der Waals surface area (Å²) in [4.78, 5) is 18.4. The quantitative estimate of drug-likeness (QED) is 0.844. The predicted octanol–water partition coefficient (Wildman–Crippen LogP) is 3.31. The first-order valence-corrected chi connectivity index (χ1v) is 9.30. The first kappa shape index (κ1) is 16.4. The zero-order valence-corrected chi connectivity index (χ0v) is 14.8. The number of hydrogen-bond acceptors (Lipinski definition) is 4.